The Hall–Kier alpha value is -0.990. The average Bonchev–Trinajstić information content (AvgIpc) is 2.81. The first-order chi connectivity index (χ1) is 9.60. The van der Waals surface area contributed by atoms with E-state index in [1.807, 2.05) is 12.1 Å². The van der Waals surface area contributed by atoms with Gasteiger partial charge in [-0.25, -0.2) is 0 Å². The summed E-state index contributed by atoms with van der Waals surface area (Å²) in [5, 5.41) is 15.0. The molecule has 1 aromatic carbocycles. The van der Waals surface area contributed by atoms with Gasteiger partial charge in [-0.15, -0.1) is 10.2 Å². The molecule has 1 N–H and O–H groups in total. The van der Waals surface area contributed by atoms with Gasteiger partial charge in [0.05, 0.1) is 16.0 Å². The number of aryl methyl sites for hydroxylation is 1. The molecule has 20 heavy (non-hydrogen) atoms. The molecule has 0 atom stereocenters. The van der Waals surface area contributed by atoms with Crippen molar-refractivity contribution >= 4 is 31.9 Å². The quantitative estimate of drug-likeness (QED) is 0.800. The van der Waals surface area contributed by atoms with Crippen LogP contribution in [-0.2, 0) is 20.2 Å². The molecule has 0 amide bonds. The topological polar surface area (TPSA) is 64.9 Å². The van der Waals surface area contributed by atoms with Gasteiger partial charge in [0.15, 0.2) is 6.61 Å². The van der Waals surface area contributed by atoms with Crippen LogP contribution < -0.4 is 10.1 Å². The third kappa shape index (κ3) is 4.00. The lowest BCUT2D eigenvalue weighted by Gasteiger charge is -2.11. The van der Waals surface area contributed by atoms with E-state index >= 15 is 0 Å². The van der Waals surface area contributed by atoms with Crippen molar-refractivity contribution in [3.05, 3.63) is 32.5 Å². The molecule has 0 unspecified atom stereocenters. The number of halogens is 2. The summed E-state index contributed by atoms with van der Waals surface area (Å²) in [5.41, 5.74) is 1.18. The summed E-state index contributed by atoms with van der Waals surface area (Å²) in [5.74, 6) is 1.28. The summed E-state index contributed by atoms with van der Waals surface area (Å²) in [6.45, 7) is 4.11. The monoisotopic (exact) mass is 403 g/mol. The van der Waals surface area contributed by atoms with Crippen LogP contribution in [0.1, 0.15) is 18.3 Å². The van der Waals surface area contributed by atoms with E-state index in [0.717, 1.165) is 27.8 Å². The highest BCUT2D eigenvalue weighted by molar-refractivity contribution is 9.11. The lowest BCUT2D eigenvalue weighted by atomic mass is 10.2. The second-order valence-electron chi connectivity index (χ2n) is 4.15. The van der Waals surface area contributed by atoms with Gasteiger partial charge in [0.1, 0.15) is 5.75 Å². The number of benzene rings is 1. The van der Waals surface area contributed by atoms with E-state index in [9.17, 15) is 0 Å². The SMILES string of the molecule is CCNCc1cc(Br)c(OCc2nnn(C)n2)c(Br)c1. The van der Waals surface area contributed by atoms with Crippen LogP contribution in [0, 0.1) is 0 Å². The first kappa shape index (κ1) is 15.4. The molecule has 1 heterocycles. The van der Waals surface area contributed by atoms with Crippen molar-refractivity contribution in [2.45, 2.75) is 20.1 Å². The van der Waals surface area contributed by atoms with Gasteiger partial charge in [-0.1, -0.05) is 6.92 Å². The molecule has 0 radical (unpaired) electrons. The van der Waals surface area contributed by atoms with Crippen LogP contribution in [0.25, 0.3) is 0 Å². The Morgan fingerprint density at radius 3 is 2.55 bits per heavy atom. The number of rotatable bonds is 6. The van der Waals surface area contributed by atoms with Crippen molar-refractivity contribution in [2.24, 2.45) is 7.05 Å². The molecule has 0 bridgehead atoms. The predicted molar refractivity (Wildman–Crippen MR) is 82.4 cm³/mol. The molecule has 0 aliphatic rings. The molecular weight excluding hydrogens is 390 g/mol. The van der Waals surface area contributed by atoms with Crippen LogP contribution >= 0.6 is 31.9 Å². The number of tetrazole rings is 1. The third-order valence-corrected chi connectivity index (χ3v) is 3.71. The van der Waals surface area contributed by atoms with E-state index < -0.39 is 0 Å². The highest BCUT2D eigenvalue weighted by Gasteiger charge is 2.10. The predicted octanol–water partition coefficient (Wildman–Crippen LogP) is 2.42. The first-order valence-corrected chi connectivity index (χ1v) is 7.73. The normalized spacial score (nSPS) is 10.8. The van der Waals surface area contributed by atoms with Gasteiger partial charge >= 0.3 is 0 Å². The molecule has 6 nitrogen and oxygen atoms in total. The van der Waals surface area contributed by atoms with Gasteiger partial charge in [0, 0.05) is 6.54 Å². The summed E-state index contributed by atoms with van der Waals surface area (Å²) >= 11 is 7.05. The van der Waals surface area contributed by atoms with Crippen molar-refractivity contribution in [3.8, 4) is 5.75 Å². The second kappa shape index (κ2) is 7.14. The van der Waals surface area contributed by atoms with Crippen molar-refractivity contribution in [2.75, 3.05) is 6.54 Å². The number of ether oxygens (including phenoxy) is 1. The van der Waals surface area contributed by atoms with Crippen molar-refractivity contribution in [3.63, 3.8) is 0 Å². The Kier molecular flexibility index (Phi) is 5.50. The fraction of sp³-hybridized carbons (Fsp3) is 0.417. The molecule has 2 rings (SSSR count). The van der Waals surface area contributed by atoms with Crippen LogP contribution in [0.3, 0.4) is 0 Å². The average molecular weight is 405 g/mol. The van der Waals surface area contributed by atoms with Gasteiger partial charge in [0.25, 0.3) is 0 Å². The van der Waals surface area contributed by atoms with Crippen LogP contribution in [-0.4, -0.2) is 26.8 Å². The maximum absolute atomic E-state index is 5.73. The molecule has 0 saturated heterocycles. The van der Waals surface area contributed by atoms with Gasteiger partial charge in [-0.3, -0.25) is 0 Å². The van der Waals surface area contributed by atoms with E-state index in [0.29, 0.717) is 5.82 Å². The van der Waals surface area contributed by atoms with Crippen molar-refractivity contribution in [1.29, 1.82) is 0 Å². The molecule has 108 valence electrons. The molecule has 0 fully saturated rings. The molecule has 0 aliphatic carbocycles. The lowest BCUT2D eigenvalue weighted by molar-refractivity contribution is 0.291. The number of nitrogens with zero attached hydrogens (tertiary/aromatic N) is 4. The maximum Gasteiger partial charge on any atom is 0.212 e. The Labute approximate surface area is 134 Å². The van der Waals surface area contributed by atoms with E-state index in [1.165, 1.54) is 10.4 Å². The Morgan fingerprint density at radius 1 is 1.30 bits per heavy atom. The zero-order valence-electron chi connectivity index (χ0n) is 11.2. The minimum Gasteiger partial charge on any atom is -0.483 e. The lowest BCUT2D eigenvalue weighted by Crippen LogP contribution is -2.11. The van der Waals surface area contributed by atoms with Crippen LogP contribution in [0.4, 0.5) is 0 Å². The van der Waals surface area contributed by atoms with Crippen LogP contribution in [0.15, 0.2) is 21.1 Å². The van der Waals surface area contributed by atoms with E-state index in [1.54, 1.807) is 7.05 Å². The molecular formula is C12H15Br2N5O. The minimum absolute atomic E-state index is 0.275. The van der Waals surface area contributed by atoms with Gasteiger partial charge in [-0.2, -0.15) is 4.80 Å². The number of hydrogen-bond acceptors (Lipinski definition) is 5. The maximum atomic E-state index is 5.73. The smallest absolute Gasteiger partial charge is 0.212 e. The summed E-state index contributed by atoms with van der Waals surface area (Å²) in [7, 11) is 1.72. The molecule has 0 aliphatic heterocycles. The minimum atomic E-state index is 0.275. The Morgan fingerprint density at radius 2 is 2.00 bits per heavy atom. The Balaban J connectivity index is 2.07. The number of nitrogens with one attached hydrogen (secondary N) is 1. The fourth-order valence-electron chi connectivity index (χ4n) is 1.64. The Bertz CT molecular complexity index is 564. The largest absolute Gasteiger partial charge is 0.483 e. The van der Waals surface area contributed by atoms with Crippen molar-refractivity contribution in [1.82, 2.24) is 25.5 Å². The molecule has 2 aromatic rings. The van der Waals surface area contributed by atoms with Gasteiger partial charge in [0.2, 0.25) is 5.82 Å². The number of aromatic nitrogens is 4. The molecule has 0 spiro atoms. The summed E-state index contributed by atoms with van der Waals surface area (Å²) in [4.78, 5) is 1.41. The zero-order chi connectivity index (χ0) is 14.5. The van der Waals surface area contributed by atoms with Crippen LogP contribution in [0.5, 0.6) is 5.75 Å². The molecule has 8 heteroatoms. The van der Waals surface area contributed by atoms with E-state index in [4.69, 9.17) is 4.74 Å². The summed E-state index contributed by atoms with van der Waals surface area (Å²) < 4.78 is 7.52. The molecule has 1 aromatic heterocycles. The highest BCUT2D eigenvalue weighted by Crippen LogP contribution is 2.35. The second-order valence-corrected chi connectivity index (χ2v) is 5.86. The first-order valence-electron chi connectivity index (χ1n) is 6.14. The molecule has 0 saturated carbocycles. The summed E-state index contributed by atoms with van der Waals surface area (Å²) in [6, 6.07) is 4.07. The summed E-state index contributed by atoms with van der Waals surface area (Å²) in [6.07, 6.45) is 0. The van der Waals surface area contributed by atoms with Gasteiger partial charge in [-0.05, 0) is 61.3 Å². The van der Waals surface area contributed by atoms with E-state index in [-0.39, 0.29) is 6.61 Å². The fourth-order valence-corrected chi connectivity index (χ4v) is 3.15. The number of hydrogen-bond donors (Lipinski definition) is 1. The highest BCUT2D eigenvalue weighted by atomic mass is 79.9. The third-order valence-electron chi connectivity index (χ3n) is 2.53. The van der Waals surface area contributed by atoms with Gasteiger partial charge < -0.3 is 10.1 Å². The standard InChI is InChI=1S/C12H15Br2N5O/c1-3-15-6-8-4-9(13)12(10(14)5-8)20-7-11-16-18-19(2)17-11/h4-5,15H,3,6-7H2,1-2H3. The van der Waals surface area contributed by atoms with Crippen LogP contribution in [0.2, 0.25) is 0 Å². The van der Waals surface area contributed by atoms with Crippen molar-refractivity contribution < 1.29 is 4.74 Å². The van der Waals surface area contributed by atoms with E-state index in [2.05, 4.69) is 59.5 Å². The zero-order valence-corrected chi connectivity index (χ0v) is 14.4.